The van der Waals surface area contributed by atoms with Crippen LogP contribution in [0.5, 0.6) is 0 Å². The fourth-order valence-corrected chi connectivity index (χ4v) is 2.11. The van der Waals surface area contributed by atoms with Crippen LogP contribution in [0.2, 0.25) is 0 Å². The van der Waals surface area contributed by atoms with Gasteiger partial charge in [0.2, 0.25) is 5.91 Å². The van der Waals surface area contributed by atoms with Gasteiger partial charge in [-0.3, -0.25) is 14.4 Å². The smallest absolute Gasteiger partial charge is 0.322 e. The van der Waals surface area contributed by atoms with Crippen LogP contribution in [0.25, 0.3) is 0 Å². The summed E-state index contributed by atoms with van der Waals surface area (Å²) in [4.78, 5) is 38.0. The number of guanidine groups is 1. The highest BCUT2D eigenvalue weighted by Gasteiger charge is 2.32. The lowest BCUT2D eigenvalue weighted by Crippen LogP contribution is -2.46. The number of carbonyl (C=O) groups is 3. The summed E-state index contributed by atoms with van der Waals surface area (Å²) in [5.74, 6) is -5.14. The lowest BCUT2D eigenvalue weighted by Gasteiger charge is -2.23. The molecule has 152 valence electrons. The molecule has 12 heteroatoms. The van der Waals surface area contributed by atoms with Crippen molar-refractivity contribution in [3.63, 3.8) is 0 Å². The minimum atomic E-state index is -2.90. The summed E-state index contributed by atoms with van der Waals surface area (Å²) in [7, 11) is 0. The maximum absolute atomic E-state index is 13.1. The van der Waals surface area contributed by atoms with Crippen molar-refractivity contribution >= 4 is 29.4 Å². The Morgan fingerprint density at radius 3 is 2.71 bits per heavy atom. The minimum absolute atomic E-state index is 0.164. The number of anilines is 1. The molecule has 0 aromatic heterocycles. The molecule has 28 heavy (non-hydrogen) atoms. The zero-order chi connectivity index (χ0) is 20.7. The molecule has 1 aromatic rings. The number of halogens is 2. The van der Waals surface area contributed by atoms with E-state index in [2.05, 4.69) is 26.3 Å². The zero-order valence-corrected chi connectivity index (χ0v) is 14.7. The Hall–Kier alpha value is -3.28. The first-order chi connectivity index (χ1) is 13.2. The van der Waals surface area contributed by atoms with Gasteiger partial charge in [-0.15, -0.1) is 0 Å². The Labute approximate surface area is 158 Å². The van der Waals surface area contributed by atoms with Crippen molar-refractivity contribution in [2.45, 2.75) is 12.0 Å². The second-order valence-corrected chi connectivity index (χ2v) is 6.01. The van der Waals surface area contributed by atoms with Crippen LogP contribution in [0.15, 0.2) is 29.3 Å². The molecule has 1 unspecified atom stereocenters. The topological polar surface area (TPSA) is 158 Å². The molecule has 0 saturated carbocycles. The van der Waals surface area contributed by atoms with Crippen LogP contribution in [0.3, 0.4) is 0 Å². The van der Waals surface area contributed by atoms with E-state index in [1.165, 1.54) is 12.1 Å². The first-order valence-corrected chi connectivity index (χ1v) is 8.23. The average molecular weight is 398 g/mol. The fraction of sp³-hybridized carbons (Fsp3) is 0.375. The van der Waals surface area contributed by atoms with Crippen LogP contribution in [-0.2, 0) is 9.59 Å². The van der Waals surface area contributed by atoms with Crippen LogP contribution in [0.4, 0.5) is 14.5 Å². The second-order valence-electron chi connectivity index (χ2n) is 6.01. The van der Waals surface area contributed by atoms with Crippen molar-refractivity contribution in [3.05, 3.63) is 29.8 Å². The van der Waals surface area contributed by atoms with Crippen LogP contribution in [-0.4, -0.2) is 67.0 Å². The number of alkyl halides is 2. The van der Waals surface area contributed by atoms with E-state index in [9.17, 15) is 23.2 Å². The molecule has 10 nitrogen and oxygen atoms in total. The maximum atomic E-state index is 13.1. The quantitative estimate of drug-likeness (QED) is 0.342. The van der Waals surface area contributed by atoms with E-state index >= 15 is 0 Å². The SMILES string of the molecule is NC(CNC(=O)CNC(=O)c1cccc(NC2=NCC(F)(F)CN2)c1)C(=O)O. The van der Waals surface area contributed by atoms with Crippen LogP contribution >= 0.6 is 0 Å². The van der Waals surface area contributed by atoms with Crippen molar-refractivity contribution < 1.29 is 28.3 Å². The monoisotopic (exact) mass is 398 g/mol. The molecule has 1 atom stereocenters. The summed E-state index contributed by atoms with van der Waals surface area (Å²) in [6.07, 6.45) is 0. The highest BCUT2D eigenvalue weighted by atomic mass is 19.3. The Morgan fingerprint density at radius 2 is 2.07 bits per heavy atom. The van der Waals surface area contributed by atoms with E-state index in [1.54, 1.807) is 12.1 Å². The Balaban J connectivity index is 1.85. The Kier molecular flexibility index (Phi) is 6.82. The zero-order valence-electron chi connectivity index (χ0n) is 14.7. The molecule has 0 fully saturated rings. The molecular weight excluding hydrogens is 378 g/mol. The summed E-state index contributed by atoms with van der Waals surface area (Å²) in [6, 6.07) is 4.92. The van der Waals surface area contributed by atoms with Crippen LogP contribution in [0.1, 0.15) is 10.4 Å². The summed E-state index contributed by atoms with van der Waals surface area (Å²) < 4.78 is 26.1. The van der Waals surface area contributed by atoms with Gasteiger partial charge >= 0.3 is 5.97 Å². The fourth-order valence-electron chi connectivity index (χ4n) is 2.11. The van der Waals surface area contributed by atoms with E-state index in [4.69, 9.17) is 10.8 Å². The lowest BCUT2D eigenvalue weighted by molar-refractivity contribution is -0.138. The van der Waals surface area contributed by atoms with Crippen molar-refractivity contribution in [1.82, 2.24) is 16.0 Å². The largest absolute Gasteiger partial charge is 0.480 e. The molecule has 2 rings (SSSR count). The van der Waals surface area contributed by atoms with Gasteiger partial charge in [0.1, 0.15) is 12.6 Å². The number of carbonyl (C=O) groups excluding carboxylic acids is 2. The lowest BCUT2D eigenvalue weighted by atomic mass is 10.2. The van der Waals surface area contributed by atoms with E-state index in [0.717, 1.165) is 0 Å². The predicted molar refractivity (Wildman–Crippen MR) is 96.3 cm³/mol. The predicted octanol–water partition coefficient (Wildman–Crippen LogP) is -1.05. The van der Waals surface area contributed by atoms with E-state index in [1.807, 2.05) is 0 Å². The first-order valence-electron chi connectivity index (χ1n) is 8.23. The number of rotatable bonds is 7. The van der Waals surface area contributed by atoms with Gasteiger partial charge in [0.25, 0.3) is 11.8 Å². The Bertz CT molecular complexity index is 786. The first kappa shape index (κ1) is 21.0. The number of hydrogen-bond acceptors (Lipinski definition) is 7. The molecule has 0 aliphatic carbocycles. The van der Waals surface area contributed by atoms with Gasteiger partial charge in [-0.05, 0) is 18.2 Å². The summed E-state index contributed by atoms with van der Waals surface area (Å²) in [5, 5.41) is 18.6. The molecule has 0 radical (unpaired) electrons. The molecule has 0 saturated heterocycles. The highest BCUT2D eigenvalue weighted by Crippen LogP contribution is 2.16. The summed E-state index contributed by atoms with van der Waals surface area (Å²) >= 11 is 0. The van der Waals surface area contributed by atoms with Gasteiger partial charge in [0.15, 0.2) is 5.96 Å². The number of aliphatic imine (C=N–C) groups is 1. The van der Waals surface area contributed by atoms with Gasteiger partial charge in [0.05, 0.1) is 13.1 Å². The molecular formula is C16H20F2N6O4. The van der Waals surface area contributed by atoms with E-state index in [0.29, 0.717) is 5.69 Å². The maximum Gasteiger partial charge on any atom is 0.322 e. The number of aliphatic carboxylic acids is 1. The van der Waals surface area contributed by atoms with Crippen molar-refractivity contribution in [3.8, 4) is 0 Å². The molecule has 7 N–H and O–H groups in total. The third-order valence-electron chi connectivity index (χ3n) is 3.62. The van der Waals surface area contributed by atoms with Crippen molar-refractivity contribution in [1.29, 1.82) is 0 Å². The molecule has 1 aliphatic rings. The Morgan fingerprint density at radius 1 is 1.32 bits per heavy atom. The molecule has 1 heterocycles. The highest BCUT2D eigenvalue weighted by molar-refractivity contribution is 5.99. The van der Waals surface area contributed by atoms with Gasteiger partial charge in [-0.25, -0.2) is 13.8 Å². The van der Waals surface area contributed by atoms with Crippen LogP contribution in [0, 0.1) is 0 Å². The molecule has 1 aliphatic heterocycles. The standard InChI is InChI=1S/C16H20F2N6O4/c17-16(18)7-22-15(23-8-16)24-10-3-1-2-9(4-10)13(26)21-6-12(25)20-5-11(19)14(27)28/h1-4,11H,5-8,19H2,(H,20,25)(H,21,26)(H,27,28)(H2,22,23,24). The molecule has 0 bridgehead atoms. The molecule has 0 spiro atoms. The number of carboxylic acid groups (broad SMARTS) is 1. The average Bonchev–Trinajstić information content (AvgIpc) is 2.66. The third kappa shape index (κ3) is 6.46. The van der Waals surface area contributed by atoms with E-state index in [-0.39, 0.29) is 24.6 Å². The minimum Gasteiger partial charge on any atom is -0.480 e. The number of nitrogens with one attached hydrogen (secondary N) is 4. The van der Waals surface area contributed by atoms with Crippen molar-refractivity contribution in [2.75, 3.05) is 31.5 Å². The number of hydrogen-bond donors (Lipinski definition) is 6. The number of benzene rings is 1. The molecule has 2 amide bonds. The van der Waals surface area contributed by atoms with Crippen molar-refractivity contribution in [2.24, 2.45) is 10.7 Å². The number of amides is 2. The van der Waals surface area contributed by atoms with Crippen LogP contribution < -0.4 is 27.0 Å². The van der Waals surface area contributed by atoms with Gasteiger partial charge in [0, 0.05) is 17.8 Å². The van der Waals surface area contributed by atoms with Gasteiger partial charge in [-0.1, -0.05) is 6.07 Å². The number of carboxylic acids is 1. The van der Waals surface area contributed by atoms with E-state index < -0.39 is 42.8 Å². The van der Waals surface area contributed by atoms with Gasteiger partial charge < -0.3 is 32.1 Å². The van der Waals surface area contributed by atoms with Gasteiger partial charge in [-0.2, -0.15) is 0 Å². The number of nitrogens with zero attached hydrogens (tertiary/aromatic N) is 1. The third-order valence-corrected chi connectivity index (χ3v) is 3.62. The molecule has 1 aromatic carbocycles. The number of nitrogens with two attached hydrogens (primary N) is 1. The summed E-state index contributed by atoms with van der Waals surface area (Å²) in [5.41, 5.74) is 5.92. The second kappa shape index (κ2) is 9.08. The normalized spacial score (nSPS) is 16.2. The summed E-state index contributed by atoms with van der Waals surface area (Å²) in [6.45, 7) is -1.81.